The largest absolute Gasteiger partial charge is 0.353 e. The van der Waals surface area contributed by atoms with E-state index in [4.69, 9.17) is 9.72 Å². The maximum atomic E-state index is 12.9. The molecular formula is C26H33N3O2. The predicted molar refractivity (Wildman–Crippen MR) is 120 cm³/mol. The Morgan fingerprint density at radius 3 is 2.87 bits per heavy atom. The van der Waals surface area contributed by atoms with Crippen molar-refractivity contribution >= 4 is 16.8 Å². The monoisotopic (exact) mass is 419 g/mol. The molecule has 5 heteroatoms. The van der Waals surface area contributed by atoms with Crippen LogP contribution in [0.2, 0.25) is 0 Å². The third-order valence-electron chi connectivity index (χ3n) is 8.10. The number of likely N-dealkylation sites (tertiary alicyclic amines) is 1. The summed E-state index contributed by atoms with van der Waals surface area (Å²) in [7, 11) is 0. The van der Waals surface area contributed by atoms with Crippen molar-refractivity contribution in [3.8, 4) is 0 Å². The number of pyridine rings is 1. The number of carbonyl (C=O) groups excluding carboxylic acids is 1. The van der Waals surface area contributed by atoms with Crippen molar-refractivity contribution in [3.05, 3.63) is 41.6 Å². The molecule has 0 unspecified atom stereocenters. The molecule has 3 atom stereocenters. The lowest BCUT2D eigenvalue weighted by Gasteiger charge is -2.53. The average molecular weight is 420 g/mol. The molecule has 31 heavy (non-hydrogen) atoms. The second-order valence-corrected chi connectivity index (χ2v) is 10.4. The molecule has 4 aliphatic rings. The molecule has 0 bridgehead atoms. The van der Waals surface area contributed by atoms with E-state index in [1.165, 1.54) is 29.5 Å². The molecule has 1 amide bonds. The number of carbonyl (C=O) groups is 1. The number of piperidine rings is 2. The van der Waals surface area contributed by atoms with Crippen molar-refractivity contribution in [2.24, 2.45) is 11.8 Å². The van der Waals surface area contributed by atoms with E-state index >= 15 is 0 Å². The van der Waals surface area contributed by atoms with Crippen LogP contribution >= 0.6 is 0 Å². The van der Waals surface area contributed by atoms with Gasteiger partial charge in [-0.05, 0) is 42.9 Å². The minimum atomic E-state index is -0.361. The van der Waals surface area contributed by atoms with Gasteiger partial charge in [0.05, 0.1) is 18.2 Å². The second-order valence-electron chi connectivity index (χ2n) is 10.4. The predicted octanol–water partition coefficient (Wildman–Crippen LogP) is 4.31. The standard InChI is InChI=1S/C26H33N3O2/c1-17(2)24-16-31-26-11-12-28(15-20(26)9-10-25(30)29(24)26)14-19-13-23(18-7-8-18)27-22-6-4-3-5-21(19)22/h3-6,13,17-18,20,24H,7-12,14-16H2,1-2H3/t20-,24-,26-/m1/s1. The minimum absolute atomic E-state index is 0.229. The maximum absolute atomic E-state index is 12.9. The normalized spacial score (nSPS) is 31.3. The summed E-state index contributed by atoms with van der Waals surface area (Å²) in [5, 5.41) is 1.28. The Kier molecular flexibility index (Phi) is 4.62. The summed E-state index contributed by atoms with van der Waals surface area (Å²) in [4.78, 5) is 22.6. The molecule has 0 N–H and O–H groups in total. The lowest BCUT2D eigenvalue weighted by Crippen LogP contribution is -2.65. The third-order valence-corrected chi connectivity index (χ3v) is 8.10. The van der Waals surface area contributed by atoms with E-state index < -0.39 is 0 Å². The Hall–Kier alpha value is -1.98. The Balaban J connectivity index is 1.27. The van der Waals surface area contributed by atoms with Crippen molar-refractivity contribution in [2.45, 2.75) is 70.2 Å². The van der Waals surface area contributed by atoms with Gasteiger partial charge >= 0.3 is 0 Å². The highest BCUT2D eigenvalue weighted by Gasteiger charge is 2.58. The number of aromatic nitrogens is 1. The van der Waals surface area contributed by atoms with Crippen LogP contribution in [0.1, 0.15) is 63.1 Å². The lowest BCUT2D eigenvalue weighted by atomic mass is 9.79. The number of amides is 1. The molecule has 3 aliphatic heterocycles. The summed E-state index contributed by atoms with van der Waals surface area (Å²) in [6.07, 6.45) is 5.08. The maximum Gasteiger partial charge on any atom is 0.225 e. The van der Waals surface area contributed by atoms with E-state index in [0.717, 1.165) is 38.0 Å². The first-order valence-electron chi connectivity index (χ1n) is 12.1. The zero-order valence-electron chi connectivity index (χ0n) is 18.7. The number of fused-ring (bicyclic) bond motifs is 1. The molecule has 4 fully saturated rings. The summed E-state index contributed by atoms with van der Waals surface area (Å²) < 4.78 is 6.49. The van der Waals surface area contributed by atoms with Crippen LogP contribution in [0.4, 0.5) is 0 Å². The van der Waals surface area contributed by atoms with E-state index in [-0.39, 0.29) is 11.8 Å². The molecule has 4 heterocycles. The molecule has 2 aromatic rings. The quantitative estimate of drug-likeness (QED) is 0.741. The van der Waals surface area contributed by atoms with Crippen LogP contribution in [-0.4, -0.2) is 52.2 Å². The molecule has 0 radical (unpaired) electrons. The smallest absolute Gasteiger partial charge is 0.225 e. The molecule has 164 valence electrons. The van der Waals surface area contributed by atoms with Gasteiger partial charge < -0.3 is 9.64 Å². The summed E-state index contributed by atoms with van der Waals surface area (Å²) in [6, 6.07) is 11.2. The van der Waals surface area contributed by atoms with Gasteiger partial charge in [0, 0.05) is 55.4 Å². The van der Waals surface area contributed by atoms with Crippen LogP contribution in [-0.2, 0) is 16.1 Å². The Morgan fingerprint density at radius 1 is 1.23 bits per heavy atom. The molecule has 1 aliphatic carbocycles. The molecular weight excluding hydrogens is 386 g/mol. The van der Waals surface area contributed by atoms with Gasteiger partial charge in [-0.3, -0.25) is 14.7 Å². The van der Waals surface area contributed by atoms with Crippen LogP contribution < -0.4 is 0 Å². The molecule has 5 nitrogen and oxygen atoms in total. The molecule has 1 aromatic heterocycles. The summed E-state index contributed by atoms with van der Waals surface area (Å²) in [5.41, 5.74) is 3.44. The van der Waals surface area contributed by atoms with E-state index in [1.54, 1.807) is 0 Å². The summed E-state index contributed by atoms with van der Waals surface area (Å²) in [6.45, 7) is 8.05. The Labute approximate surface area is 184 Å². The number of ether oxygens (including phenoxy) is 1. The first kappa shape index (κ1) is 19.7. The van der Waals surface area contributed by atoms with Crippen LogP contribution in [0.25, 0.3) is 10.9 Å². The topological polar surface area (TPSA) is 45.7 Å². The Morgan fingerprint density at radius 2 is 2.06 bits per heavy atom. The minimum Gasteiger partial charge on any atom is -0.353 e. The molecule has 3 saturated heterocycles. The second kappa shape index (κ2) is 7.28. The van der Waals surface area contributed by atoms with Crippen molar-refractivity contribution in [1.82, 2.24) is 14.8 Å². The van der Waals surface area contributed by atoms with E-state index in [0.29, 0.717) is 36.7 Å². The highest BCUT2D eigenvalue weighted by Crippen LogP contribution is 2.48. The fraction of sp³-hybridized carbons (Fsp3) is 0.615. The molecule has 1 aromatic carbocycles. The number of benzene rings is 1. The first-order chi connectivity index (χ1) is 15.0. The Bertz CT molecular complexity index is 1020. The fourth-order valence-corrected chi connectivity index (χ4v) is 6.23. The highest BCUT2D eigenvalue weighted by atomic mass is 16.5. The number of hydrogen-bond donors (Lipinski definition) is 0. The number of nitrogens with zero attached hydrogens (tertiary/aromatic N) is 3. The summed E-state index contributed by atoms with van der Waals surface area (Å²) >= 11 is 0. The highest BCUT2D eigenvalue weighted by molar-refractivity contribution is 5.82. The van der Waals surface area contributed by atoms with Gasteiger partial charge in [0.25, 0.3) is 0 Å². The van der Waals surface area contributed by atoms with Crippen LogP contribution in [0.5, 0.6) is 0 Å². The molecule has 6 rings (SSSR count). The van der Waals surface area contributed by atoms with Crippen LogP contribution in [0.3, 0.4) is 0 Å². The van der Waals surface area contributed by atoms with Crippen molar-refractivity contribution in [3.63, 3.8) is 0 Å². The van der Waals surface area contributed by atoms with E-state index in [1.807, 2.05) is 0 Å². The zero-order valence-corrected chi connectivity index (χ0v) is 18.7. The van der Waals surface area contributed by atoms with Gasteiger partial charge in [0.15, 0.2) is 0 Å². The fourth-order valence-electron chi connectivity index (χ4n) is 6.23. The van der Waals surface area contributed by atoms with E-state index in [2.05, 4.69) is 54.0 Å². The van der Waals surface area contributed by atoms with Gasteiger partial charge in [0.1, 0.15) is 5.72 Å². The van der Waals surface area contributed by atoms with E-state index in [9.17, 15) is 4.79 Å². The van der Waals surface area contributed by atoms with Gasteiger partial charge in [0.2, 0.25) is 5.91 Å². The van der Waals surface area contributed by atoms with Crippen molar-refractivity contribution < 1.29 is 9.53 Å². The van der Waals surface area contributed by atoms with Gasteiger partial charge in [-0.2, -0.15) is 0 Å². The van der Waals surface area contributed by atoms with Crippen LogP contribution in [0, 0.1) is 11.8 Å². The van der Waals surface area contributed by atoms with Crippen molar-refractivity contribution in [2.75, 3.05) is 19.7 Å². The third kappa shape index (κ3) is 3.20. The lowest BCUT2D eigenvalue weighted by molar-refractivity contribution is -0.193. The SMILES string of the molecule is CC(C)[C@H]1CO[C@]23CCN(Cc4cc(C5CC5)nc5ccccc45)C[C@H]2CCC(=O)N13. The zero-order chi connectivity index (χ0) is 21.2. The molecule has 1 saturated carbocycles. The van der Waals surface area contributed by atoms with Gasteiger partial charge in [-0.25, -0.2) is 0 Å². The van der Waals surface area contributed by atoms with Crippen molar-refractivity contribution in [1.29, 1.82) is 0 Å². The number of rotatable bonds is 4. The van der Waals surface area contributed by atoms with Gasteiger partial charge in [-0.1, -0.05) is 32.0 Å². The number of hydrogen-bond acceptors (Lipinski definition) is 4. The molecule has 1 spiro atoms. The number of para-hydroxylation sites is 1. The van der Waals surface area contributed by atoms with Gasteiger partial charge in [-0.15, -0.1) is 0 Å². The van der Waals surface area contributed by atoms with Crippen LogP contribution in [0.15, 0.2) is 30.3 Å². The summed E-state index contributed by atoms with van der Waals surface area (Å²) in [5.74, 6) is 1.80. The first-order valence-corrected chi connectivity index (χ1v) is 12.1. The average Bonchev–Trinajstić information content (AvgIpc) is 3.54.